The first-order valence-electron chi connectivity index (χ1n) is 8.22. The molecule has 1 aromatic carbocycles. The molecule has 0 saturated carbocycles. The number of nitrogens with zero attached hydrogens (tertiary/aromatic N) is 3. The highest BCUT2D eigenvalue weighted by molar-refractivity contribution is 7.98. The molecule has 4 nitrogen and oxygen atoms in total. The molecule has 5 heteroatoms. The van der Waals surface area contributed by atoms with Gasteiger partial charge < -0.3 is 9.09 Å². The van der Waals surface area contributed by atoms with Crippen molar-refractivity contribution in [1.29, 1.82) is 0 Å². The molecule has 0 N–H and O–H groups in total. The lowest BCUT2D eigenvalue weighted by Crippen LogP contribution is -2.07. The number of aryl methyl sites for hydroxylation is 1. The van der Waals surface area contributed by atoms with Gasteiger partial charge in [0, 0.05) is 29.6 Å². The topological polar surface area (TPSA) is 43.9 Å². The molecule has 126 valence electrons. The predicted molar refractivity (Wildman–Crippen MR) is 98.0 cm³/mol. The third-order valence-electron chi connectivity index (χ3n) is 3.94. The largest absolute Gasteiger partial charge is 0.356 e. The molecule has 0 radical (unpaired) electrons. The van der Waals surface area contributed by atoms with Gasteiger partial charge in [-0.25, -0.2) is 4.98 Å². The van der Waals surface area contributed by atoms with E-state index in [0.29, 0.717) is 5.92 Å². The third-order valence-corrected chi connectivity index (χ3v) is 4.95. The Labute approximate surface area is 147 Å². The van der Waals surface area contributed by atoms with Crippen LogP contribution >= 0.6 is 11.8 Å². The Morgan fingerprint density at radius 3 is 2.62 bits per heavy atom. The summed E-state index contributed by atoms with van der Waals surface area (Å²) >= 11 is 1.72. The third kappa shape index (κ3) is 3.73. The summed E-state index contributed by atoms with van der Waals surface area (Å²) in [5.41, 5.74) is 4.34. The minimum Gasteiger partial charge on any atom is -0.356 e. The summed E-state index contributed by atoms with van der Waals surface area (Å²) in [7, 11) is 0. The molecule has 2 aromatic heterocycles. The monoisotopic (exact) mass is 341 g/mol. The summed E-state index contributed by atoms with van der Waals surface area (Å²) in [5, 5.41) is 5.25. The first kappa shape index (κ1) is 16.8. The van der Waals surface area contributed by atoms with E-state index in [4.69, 9.17) is 9.51 Å². The summed E-state index contributed by atoms with van der Waals surface area (Å²) in [6, 6.07) is 12.1. The Kier molecular flexibility index (Phi) is 5.09. The van der Waals surface area contributed by atoms with E-state index < -0.39 is 0 Å². The van der Waals surface area contributed by atoms with E-state index in [1.54, 1.807) is 11.8 Å². The van der Waals surface area contributed by atoms with E-state index in [0.717, 1.165) is 40.2 Å². The molecule has 2 heterocycles. The highest BCUT2D eigenvalue weighted by atomic mass is 32.2. The number of thioether (sulfide) groups is 1. The quantitative estimate of drug-likeness (QED) is 0.585. The van der Waals surface area contributed by atoms with E-state index in [2.05, 4.69) is 37.4 Å². The molecule has 0 bridgehead atoms. The van der Waals surface area contributed by atoms with Crippen molar-refractivity contribution < 1.29 is 4.52 Å². The molecule has 0 fully saturated rings. The van der Waals surface area contributed by atoms with Crippen LogP contribution in [0.3, 0.4) is 0 Å². The van der Waals surface area contributed by atoms with Crippen LogP contribution in [0.2, 0.25) is 0 Å². The number of imidazole rings is 1. The second-order valence-electron chi connectivity index (χ2n) is 6.41. The standard InChI is InChI=1S/C19H23N3OS/c1-13(2)11-22-15(4)14(3)20-19(22)24-12-17-10-18(23-21-17)16-8-6-5-7-9-16/h5-10,13H,11-12H2,1-4H3. The van der Waals surface area contributed by atoms with Crippen molar-refractivity contribution in [1.82, 2.24) is 14.7 Å². The zero-order chi connectivity index (χ0) is 17.1. The number of benzene rings is 1. The van der Waals surface area contributed by atoms with Crippen LogP contribution in [0.1, 0.15) is 30.9 Å². The molecule has 3 aromatic rings. The van der Waals surface area contributed by atoms with Crippen LogP contribution < -0.4 is 0 Å². The van der Waals surface area contributed by atoms with E-state index >= 15 is 0 Å². The molecule has 0 aliphatic rings. The number of hydrogen-bond acceptors (Lipinski definition) is 4. The van der Waals surface area contributed by atoms with Gasteiger partial charge in [0.05, 0.1) is 11.4 Å². The lowest BCUT2D eigenvalue weighted by Gasteiger charge is -2.11. The predicted octanol–water partition coefficient (Wildman–Crippen LogP) is 5.10. The second-order valence-corrected chi connectivity index (χ2v) is 7.35. The van der Waals surface area contributed by atoms with Gasteiger partial charge in [-0.2, -0.15) is 0 Å². The normalized spacial score (nSPS) is 11.4. The number of rotatable bonds is 6. The maximum atomic E-state index is 5.47. The van der Waals surface area contributed by atoms with Gasteiger partial charge in [0.25, 0.3) is 0 Å². The van der Waals surface area contributed by atoms with Crippen molar-refractivity contribution in [3.05, 3.63) is 53.5 Å². The van der Waals surface area contributed by atoms with Crippen molar-refractivity contribution >= 4 is 11.8 Å². The summed E-state index contributed by atoms with van der Waals surface area (Å²) in [6.45, 7) is 9.65. The Bertz CT molecular complexity index is 805. The maximum absolute atomic E-state index is 5.47. The van der Waals surface area contributed by atoms with Crippen molar-refractivity contribution in [2.75, 3.05) is 0 Å². The van der Waals surface area contributed by atoms with Gasteiger partial charge in [0.2, 0.25) is 0 Å². The molecule has 0 aliphatic carbocycles. The van der Waals surface area contributed by atoms with E-state index in [9.17, 15) is 0 Å². The average Bonchev–Trinajstić information content (AvgIpc) is 3.14. The highest BCUT2D eigenvalue weighted by Gasteiger charge is 2.14. The molecule has 3 rings (SSSR count). The van der Waals surface area contributed by atoms with Crippen molar-refractivity contribution in [2.45, 2.75) is 45.1 Å². The molecule has 0 unspecified atom stereocenters. The molecule has 0 amide bonds. The van der Waals surface area contributed by atoms with Gasteiger partial charge in [-0.05, 0) is 19.8 Å². The molecule has 0 atom stereocenters. The Morgan fingerprint density at radius 2 is 1.92 bits per heavy atom. The summed E-state index contributed by atoms with van der Waals surface area (Å²) in [5.74, 6) is 2.15. The first-order valence-corrected chi connectivity index (χ1v) is 9.20. The fourth-order valence-electron chi connectivity index (χ4n) is 2.57. The van der Waals surface area contributed by atoms with Crippen LogP contribution in [0.4, 0.5) is 0 Å². The van der Waals surface area contributed by atoms with Gasteiger partial charge in [0.1, 0.15) is 0 Å². The van der Waals surface area contributed by atoms with Gasteiger partial charge in [0.15, 0.2) is 10.9 Å². The molecule has 0 aliphatic heterocycles. The van der Waals surface area contributed by atoms with Crippen LogP contribution in [-0.2, 0) is 12.3 Å². The molecule has 0 spiro atoms. The molecular formula is C19H23N3OS. The SMILES string of the molecule is Cc1nc(SCc2cc(-c3ccccc3)on2)n(CC(C)C)c1C. The summed E-state index contributed by atoms with van der Waals surface area (Å²) in [4.78, 5) is 4.71. The van der Waals surface area contributed by atoms with Crippen LogP contribution in [0.25, 0.3) is 11.3 Å². The van der Waals surface area contributed by atoms with E-state index in [1.807, 2.05) is 36.4 Å². The van der Waals surface area contributed by atoms with Crippen molar-refractivity contribution in [2.24, 2.45) is 5.92 Å². The maximum Gasteiger partial charge on any atom is 0.168 e. The molecule has 0 saturated heterocycles. The number of hydrogen-bond donors (Lipinski definition) is 0. The van der Waals surface area contributed by atoms with Crippen LogP contribution in [-0.4, -0.2) is 14.7 Å². The lowest BCUT2D eigenvalue weighted by atomic mass is 10.2. The van der Waals surface area contributed by atoms with Gasteiger partial charge >= 0.3 is 0 Å². The van der Waals surface area contributed by atoms with Crippen LogP contribution in [0.5, 0.6) is 0 Å². The van der Waals surface area contributed by atoms with Gasteiger partial charge in [-0.1, -0.05) is 61.1 Å². The Hall–Kier alpha value is -2.01. The fraction of sp³-hybridized carbons (Fsp3) is 0.368. The zero-order valence-electron chi connectivity index (χ0n) is 14.6. The summed E-state index contributed by atoms with van der Waals surface area (Å²) < 4.78 is 7.78. The van der Waals surface area contributed by atoms with E-state index in [-0.39, 0.29) is 0 Å². The highest BCUT2D eigenvalue weighted by Crippen LogP contribution is 2.27. The van der Waals surface area contributed by atoms with Crippen LogP contribution in [0, 0.1) is 19.8 Å². The second kappa shape index (κ2) is 7.26. The fourth-order valence-corrected chi connectivity index (χ4v) is 3.55. The lowest BCUT2D eigenvalue weighted by molar-refractivity contribution is 0.426. The Morgan fingerprint density at radius 1 is 1.17 bits per heavy atom. The average molecular weight is 341 g/mol. The number of aromatic nitrogens is 3. The summed E-state index contributed by atoms with van der Waals surface area (Å²) in [6.07, 6.45) is 0. The zero-order valence-corrected chi connectivity index (χ0v) is 15.4. The van der Waals surface area contributed by atoms with Crippen LogP contribution in [0.15, 0.2) is 46.1 Å². The minimum absolute atomic E-state index is 0.591. The van der Waals surface area contributed by atoms with Crippen molar-refractivity contribution in [3.63, 3.8) is 0 Å². The molecular weight excluding hydrogens is 318 g/mol. The smallest absolute Gasteiger partial charge is 0.168 e. The van der Waals surface area contributed by atoms with Crippen molar-refractivity contribution in [3.8, 4) is 11.3 Å². The minimum atomic E-state index is 0.591. The van der Waals surface area contributed by atoms with Gasteiger partial charge in [-0.15, -0.1) is 0 Å². The van der Waals surface area contributed by atoms with E-state index in [1.165, 1.54) is 5.69 Å². The van der Waals surface area contributed by atoms with Gasteiger partial charge in [-0.3, -0.25) is 0 Å². The molecule has 24 heavy (non-hydrogen) atoms. The first-order chi connectivity index (χ1) is 11.5. The Balaban J connectivity index is 1.73.